The van der Waals surface area contributed by atoms with Gasteiger partial charge >= 0.3 is 0 Å². The van der Waals surface area contributed by atoms with Crippen LogP contribution in [0.1, 0.15) is 31.4 Å². The second kappa shape index (κ2) is 15.3. The molecule has 2 amide bonds. The average Bonchev–Trinajstić information content (AvgIpc) is 3.03. The first kappa shape index (κ1) is 33.2. The van der Waals surface area contributed by atoms with Gasteiger partial charge in [0.25, 0.3) is 0 Å². The van der Waals surface area contributed by atoms with Crippen molar-refractivity contribution in [2.24, 2.45) is 0 Å². The van der Waals surface area contributed by atoms with Gasteiger partial charge in [0.2, 0.25) is 21.8 Å². The van der Waals surface area contributed by atoms with Gasteiger partial charge in [-0.15, -0.1) is 0 Å². The molecule has 0 saturated heterocycles. The maximum absolute atomic E-state index is 14.2. The molecule has 0 aliphatic carbocycles. The molecule has 0 aliphatic heterocycles. The molecule has 0 aliphatic rings. The third kappa shape index (κ3) is 9.64. The minimum absolute atomic E-state index is 0.0357. The van der Waals surface area contributed by atoms with E-state index >= 15 is 0 Å². The van der Waals surface area contributed by atoms with Gasteiger partial charge in [0.15, 0.2) is 0 Å². The Morgan fingerprint density at radius 2 is 1.40 bits per heavy atom. The van der Waals surface area contributed by atoms with Gasteiger partial charge in [0, 0.05) is 19.0 Å². The van der Waals surface area contributed by atoms with Gasteiger partial charge in [-0.1, -0.05) is 67.6 Å². The molecule has 2 atom stereocenters. The molecule has 0 saturated carbocycles. The minimum Gasteiger partial charge on any atom is -0.457 e. The summed E-state index contributed by atoms with van der Waals surface area (Å²) in [4.78, 5) is 29.3. The minimum atomic E-state index is -3.93. The average molecular weight is 632 g/mol. The Morgan fingerprint density at radius 1 is 0.822 bits per heavy atom. The molecule has 0 aromatic heterocycles. The number of sulfonamides is 1. The molecule has 10 heteroatoms. The highest BCUT2D eigenvalue weighted by molar-refractivity contribution is 7.92. The molecular weight excluding hydrogens is 593 g/mol. The normalized spacial score (nSPS) is 12.5. The number of para-hydroxylation sites is 1. The van der Waals surface area contributed by atoms with E-state index in [1.807, 2.05) is 62.4 Å². The van der Waals surface area contributed by atoms with Crippen molar-refractivity contribution in [3.8, 4) is 11.5 Å². The Bertz CT molecular complexity index is 1650. The molecule has 8 nitrogen and oxygen atoms in total. The quantitative estimate of drug-likeness (QED) is 0.186. The molecule has 0 bridgehead atoms. The fourth-order valence-corrected chi connectivity index (χ4v) is 5.55. The summed E-state index contributed by atoms with van der Waals surface area (Å²) in [7, 11) is -3.93. The third-order valence-corrected chi connectivity index (χ3v) is 8.46. The monoisotopic (exact) mass is 631 g/mol. The Kier molecular flexibility index (Phi) is 11.3. The largest absolute Gasteiger partial charge is 0.457 e. The fourth-order valence-electron chi connectivity index (χ4n) is 4.70. The summed E-state index contributed by atoms with van der Waals surface area (Å²) < 4.78 is 46.7. The summed E-state index contributed by atoms with van der Waals surface area (Å²) in [5, 5.41) is 2.98. The zero-order chi connectivity index (χ0) is 32.4. The lowest BCUT2D eigenvalue weighted by Crippen LogP contribution is -2.54. The maximum atomic E-state index is 14.2. The zero-order valence-corrected chi connectivity index (χ0v) is 26.4. The van der Waals surface area contributed by atoms with Crippen LogP contribution in [0.3, 0.4) is 0 Å². The summed E-state index contributed by atoms with van der Waals surface area (Å²) >= 11 is 0. The Balaban J connectivity index is 1.67. The van der Waals surface area contributed by atoms with E-state index in [9.17, 15) is 22.4 Å². The summed E-state index contributed by atoms with van der Waals surface area (Å²) in [5.41, 5.74) is 1.68. The van der Waals surface area contributed by atoms with E-state index in [0.717, 1.165) is 16.1 Å². The van der Waals surface area contributed by atoms with Crippen LogP contribution in [0.15, 0.2) is 109 Å². The van der Waals surface area contributed by atoms with Crippen molar-refractivity contribution >= 4 is 27.5 Å². The molecular formula is C35H38FN3O5S. The van der Waals surface area contributed by atoms with Crippen molar-refractivity contribution in [3.05, 3.63) is 126 Å². The number of hydrogen-bond donors (Lipinski definition) is 1. The van der Waals surface area contributed by atoms with Crippen LogP contribution in [0, 0.1) is 5.82 Å². The molecule has 0 unspecified atom stereocenters. The van der Waals surface area contributed by atoms with Crippen LogP contribution in [-0.4, -0.2) is 50.0 Å². The van der Waals surface area contributed by atoms with E-state index in [2.05, 4.69) is 5.32 Å². The second-order valence-electron chi connectivity index (χ2n) is 10.9. The number of ether oxygens (including phenoxy) is 1. The highest BCUT2D eigenvalue weighted by Crippen LogP contribution is 2.26. The van der Waals surface area contributed by atoms with Crippen LogP contribution >= 0.6 is 0 Å². The van der Waals surface area contributed by atoms with E-state index in [-0.39, 0.29) is 30.6 Å². The van der Waals surface area contributed by atoms with E-state index in [0.29, 0.717) is 23.5 Å². The van der Waals surface area contributed by atoms with Crippen molar-refractivity contribution < 1.29 is 27.1 Å². The number of hydrogen-bond acceptors (Lipinski definition) is 5. The van der Waals surface area contributed by atoms with Crippen LogP contribution < -0.4 is 14.4 Å². The summed E-state index contributed by atoms with van der Waals surface area (Å²) in [5.74, 6) is -0.272. The zero-order valence-electron chi connectivity index (χ0n) is 25.6. The highest BCUT2D eigenvalue weighted by atomic mass is 32.2. The van der Waals surface area contributed by atoms with Crippen molar-refractivity contribution in [1.29, 1.82) is 0 Å². The molecule has 4 rings (SSSR count). The van der Waals surface area contributed by atoms with Crippen molar-refractivity contribution in [2.45, 2.75) is 45.3 Å². The van der Waals surface area contributed by atoms with Gasteiger partial charge in [-0.2, -0.15) is 0 Å². The van der Waals surface area contributed by atoms with Gasteiger partial charge in [-0.25, -0.2) is 12.8 Å². The van der Waals surface area contributed by atoms with Crippen molar-refractivity contribution in [3.63, 3.8) is 0 Å². The third-order valence-electron chi connectivity index (χ3n) is 7.32. The Morgan fingerprint density at radius 3 is 1.98 bits per heavy atom. The molecule has 0 fully saturated rings. The van der Waals surface area contributed by atoms with Gasteiger partial charge in [0.1, 0.15) is 29.9 Å². The van der Waals surface area contributed by atoms with E-state index in [1.54, 1.807) is 48.5 Å². The fraction of sp³-hybridized carbons (Fsp3) is 0.257. The number of anilines is 1. The number of nitrogens with one attached hydrogen (secondary N) is 1. The number of rotatable bonds is 14. The number of amides is 2. The van der Waals surface area contributed by atoms with Crippen molar-refractivity contribution in [2.75, 3.05) is 17.1 Å². The lowest BCUT2D eigenvalue weighted by atomic mass is 10.0. The Labute approximate surface area is 264 Å². The van der Waals surface area contributed by atoms with Crippen LogP contribution in [0.2, 0.25) is 0 Å². The molecule has 0 radical (unpaired) electrons. The van der Waals surface area contributed by atoms with Crippen molar-refractivity contribution in [1.82, 2.24) is 10.2 Å². The maximum Gasteiger partial charge on any atom is 0.244 e. The molecule has 1 N–H and O–H groups in total. The predicted octanol–water partition coefficient (Wildman–Crippen LogP) is 5.94. The van der Waals surface area contributed by atoms with Gasteiger partial charge < -0.3 is 15.0 Å². The summed E-state index contributed by atoms with van der Waals surface area (Å²) in [6.45, 7) is 3.23. The first-order valence-corrected chi connectivity index (χ1v) is 16.6. The van der Waals surface area contributed by atoms with Crippen LogP contribution in [0.4, 0.5) is 10.1 Å². The molecule has 4 aromatic carbocycles. The number of carbonyl (C=O) groups excluding carboxylic acids is 2. The molecule has 4 aromatic rings. The lowest BCUT2D eigenvalue weighted by Gasteiger charge is -2.34. The molecule has 45 heavy (non-hydrogen) atoms. The van der Waals surface area contributed by atoms with Crippen LogP contribution in [-0.2, 0) is 32.6 Å². The van der Waals surface area contributed by atoms with Gasteiger partial charge in [0.05, 0.1) is 11.9 Å². The predicted molar refractivity (Wildman–Crippen MR) is 174 cm³/mol. The van der Waals surface area contributed by atoms with Gasteiger partial charge in [-0.05, 0) is 73.0 Å². The first-order valence-electron chi connectivity index (χ1n) is 14.7. The standard InChI is InChI=1S/C35H38FN3O5S/c1-4-26(2)37-35(41)33(23-27-11-7-5-8-12-27)38(24-28-15-17-29(36)18-16-28)34(40)25-39(45(3,42)43)30-19-21-32(22-20-30)44-31-13-9-6-10-14-31/h5-22,26,33H,4,23-25H2,1-3H3,(H,37,41)/t26-,33+/m0/s1. The highest BCUT2D eigenvalue weighted by Gasteiger charge is 2.33. The summed E-state index contributed by atoms with van der Waals surface area (Å²) in [6, 6.07) is 29.3. The van der Waals surface area contributed by atoms with Crippen LogP contribution in [0.25, 0.3) is 0 Å². The SMILES string of the molecule is CC[C@H](C)NC(=O)[C@@H](Cc1ccccc1)N(Cc1ccc(F)cc1)C(=O)CN(c1ccc(Oc2ccccc2)cc1)S(C)(=O)=O. The molecule has 236 valence electrons. The van der Waals surface area contributed by atoms with E-state index in [4.69, 9.17) is 4.74 Å². The number of carbonyl (C=O) groups is 2. The molecule has 0 spiro atoms. The molecule has 0 heterocycles. The first-order chi connectivity index (χ1) is 21.5. The number of halogens is 1. The van der Waals surface area contributed by atoms with E-state index in [1.165, 1.54) is 17.0 Å². The van der Waals surface area contributed by atoms with Crippen LogP contribution in [0.5, 0.6) is 11.5 Å². The topological polar surface area (TPSA) is 96.0 Å². The van der Waals surface area contributed by atoms with E-state index < -0.39 is 34.3 Å². The second-order valence-corrected chi connectivity index (χ2v) is 12.8. The number of nitrogens with zero attached hydrogens (tertiary/aromatic N) is 2. The summed E-state index contributed by atoms with van der Waals surface area (Å²) in [6.07, 6.45) is 1.90. The van der Waals surface area contributed by atoms with Gasteiger partial charge in [-0.3, -0.25) is 13.9 Å². The Hall–Kier alpha value is -4.70. The smallest absolute Gasteiger partial charge is 0.244 e. The number of benzene rings is 4. The lowest BCUT2D eigenvalue weighted by molar-refractivity contribution is -0.140.